The average Bonchev–Trinajstić information content (AvgIpc) is 2.07. The van der Waals surface area contributed by atoms with Crippen molar-refractivity contribution in [2.75, 3.05) is 6.61 Å². The van der Waals surface area contributed by atoms with Crippen molar-refractivity contribution in [2.24, 2.45) is 0 Å². The Morgan fingerprint density at radius 2 is 2.31 bits per heavy atom. The summed E-state index contributed by atoms with van der Waals surface area (Å²) in [6, 6.07) is 4.03. The molecule has 13 heavy (non-hydrogen) atoms. The molecule has 4 heteroatoms. The molecule has 0 saturated heterocycles. The Balaban J connectivity index is 2.68. The van der Waals surface area contributed by atoms with Gasteiger partial charge in [0.15, 0.2) is 5.78 Å². The Kier molecular flexibility index (Phi) is 3.25. The van der Waals surface area contributed by atoms with E-state index in [0.29, 0.717) is 5.75 Å². The van der Waals surface area contributed by atoms with E-state index in [0.717, 1.165) is 6.07 Å². The average molecular weight is 203 g/mol. The highest BCUT2D eigenvalue weighted by atomic mass is 35.5. The zero-order valence-corrected chi connectivity index (χ0v) is 7.77. The van der Waals surface area contributed by atoms with Crippen LogP contribution in [0.15, 0.2) is 18.2 Å². The van der Waals surface area contributed by atoms with Crippen LogP contribution < -0.4 is 4.74 Å². The normalized spacial score (nSPS) is 9.77. The predicted molar refractivity (Wildman–Crippen MR) is 47.6 cm³/mol. The highest BCUT2D eigenvalue weighted by Gasteiger charge is 2.02. The van der Waals surface area contributed by atoms with E-state index in [1.54, 1.807) is 0 Å². The van der Waals surface area contributed by atoms with E-state index in [4.69, 9.17) is 16.3 Å². The molecule has 1 rings (SSSR count). The fourth-order valence-corrected chi connectivity index (χ4v) is 0.869. The maximum atomic E-state index is 12.8. The summed E-state index contributed by atoms with van der Waals surface area (Å²) in [7, 11) is 0. The van der Waals surface area contributed by atoms with Crippen LogP contribution in [0.25, 0.3) is 0 Å². The Hall–Kier alpha value is -1.09. The maximum Gasteiger partial charge on any atom is 0.167 e. The van der Waals surface area contributed by atoms with Gasteiger partial charge in [-0.05, 0) is 19.1 Å². The lowest BCUT2D eigenvalue weighted by atomic mass is 10.3. The van der Waals surface area contributed by atoms with Gasteiger partial charge in [0.1, 0.15) is 18.2 Å². The fraction of sp³-hybridized carbons (Fsp3) is 0.222. The molecule has 0 saturated carbocycles. The first-order valence-corrected chi connectivity index (χ1v) is 4.04. The first-order valence-electron chi connectivity index (χ1n) is 3.67. The summed E-state index contributed by atoms with van der Waals surface area (Å²) < 4.78 is 17.8. The van der Waals surface area contributed by atoms with Crippen molar-refractivity contribution >= 4 is 17.4 Å². The topological polar surface area (TPSA) is 26.3 Å². The van der Waals surface area contributed by atoms with E-state index in [9.17, 15) is 9.18 Å². The van der Waals surface area contributed by atoms with Crippen LogP contribution in [0.5, 0.6) is 5.75 Å². The molecule has 0 aliphatic heterocycles. The number of rotatable bonds is 3. The Labute approximate surface area is 80.3 Å². The van der Waals surface area contributed by atoms with E-state index in [1.165, 1.54) is 19.1 Å². The number of halogens is 2. The van der Waals surface area contributed by atoms with E-state index < -0.39 is 5.82 Å². The van der Waals surface area contributed by atoms with E-state index >= 15 is 0 Å². The molecule has 0 amide bonds. The molecule has 1 aromatic rings. The monoisotopic (exact) mass is 202 g/mol. The summed E-state index contributed by atoms with van der Waals surface area (Å²) >= 11 is 5.45. The molecule has 0 spiro atoms. The minimum atomic E-state index is -0.553. The van der Waals surface area contributed by atoms with Crippen LogP contribution in [0.3, 0.4) is 0 Å². The molecule has 0 radical (unpaired) electrons. The highest BCUT2D eigenvalue weighted by Crippen LogP contribution is 2.20. The number of carbonyl (C=O) groups is 1. The second-order valence-electron chi connectivity index (χ2n) is 2.57. The molecule has 0 fully saturated rings. The quantitative estimate of drug-likeness (QED) is 0.753. The summed E-state index contributed by atoms with van der Waals surface area (Å²) in [6.07, 6.45) is 0. The van der Waals surface area contributed by atoms with Crippen LogP contribution in [-0.4, -0.2) is 12.4 Å². The molecule has 0 aliphatic carbocycles. The van der Waals surface area contributed by atoms with Crippen molar-refractivity contribution in [3.63, 3.8) is 0 Å². The largest absolute Gasteiger partial charge is 0.486 e. The van der Waals surface area contributed by atoms with Crippen LogP contribution in [0.1, 0.15) is 6.92 Å². The molecular formula is C9H8ClFO2. The van der Waals surface area contributed by atoms with Crippen molar-refractivity contribution < 1.29 is 13.9 Å². The SMILES string of the molecule is CC(=O)COc1ccc(Cl)c(F)c1. The van der Waals surface area contributed by atoms with Crippen LogP contribution in [0, 0.1) is 5.82 Å². The van der Waals surface area contributed by atoms with Gasteiger partial charge in [-0.1, -0.05) is 11.6 Å². The van der Waals surface area contributed by atoms with Crippen molar-refractivity contribution in [1.29, 1.82) is 0 Å². The van der Waals surface area contributed by atoms with Gasteiger partial charge >= 0.3 is 0 Å². The van der Waals surface area contributed by atoms with E-state index in [1.807, 2.05) is 0 Å². The van der Waals surface area contributed by atoms with Crippen LogP contribution >= 0.6 is 11.6 Å². The molecule has 0 bridgehead atoms. The van der Waals surface area contributed by atoms with Crippen molar-refractivity contribution in [3.8, 4) is 5.75 Å². The third-order valence-corrected chi connectivity index (χ3v) is 1.64. The third kappa shape index (κ3) is 3.03. The van der Waals surface area contributed by atoms with Crippen molar-refractivity contribution in [2.45, 2.75) is 6.92 Å². The summed E-state index contributed by atoms with van der Waals surface area (Å²) in [5.41, 5.74) is 0. The maximum absolute atomic E-state index is 12.8. The number of hydrogen-bond donors (Lipinski definition) is 0. The first-order chi connectivity index (χ1) is 6.09. The minimum Gasteiger partial charge on any atom is -0.486 e. The summed E-state index contributed by atoms with van der Waals surface area (Å²) in [4.78, 5) is 10.5. The molecule has 1 aromatic carbocycles. The fourth-order valence-electron chi connectivity index (χ4n) is 0.752. The van der Waals surface area contributed by atoms with Crippen LogP contribution in [0.4, 0.5) is 4.39 Å². The minimum absolute atomic E-state index is 0.0372. The van der Waals surface area contributed by atoms with Gasteiger partial charge in [-0.25, -0.2) is 4.39 Å². The Morgan fingerprint density at radius 1 is 1.62 bits per heavy atom. The lowest BCUT2D eigenvalue weighted by Crippen LogP contribution is -2.06. The molecule has 0 atom stereocenters. The molecule has 0 N–H and O–H groups in total. The Bertz CT molecular complexity index is 325. The van der Waals surface area contributed by atoms with Crippen LogP contribution in [-0.2, 0) is 4.79 Å². The Morgan fingerprint density at radius 3 is 2.85 bits per heavy atom. The van der Waals surface area contributed by atoms with Crippen LogP contribution in [0.2, 0.25) is 5.02 Å². The van der Waals surface area contributed by atoms with Gasteiger partial charge in [0.25, 0.3) is 0 Å². The number of Topliss-reactive ketones (excluding diaryl/α,β-unsaturated/α-hetero) is 1. The lowest BCUT2D eigenvalue weighted by molar-refractivity contribution is -0.118. The molecule has 0 unspecified atom stereocenters. The summed E-state index contributed by atoms with van der Waals surface area (Å²) in [5.74, 6) is -0.366. The molecule has 0 aromatic heterocycles. The molecule has 0 aliphatic rings. The second kappa shape index (κ2) is 4.23. The zero-order valence-electron chi connectivity index (χ0n) is 7.01. The lowest BCUT2D eigenvalue weighted by Gasteiger charge is -2.03. The highest BCUT2D eigenvalue weighted by molar-refractivity contribution is 6.30. The second-order valence-corrected chi connectivity index (χ2v) is 2.97. The zero-order chi connectivity index (χ0) is 9.84. The van der Waals surface area contributed by atoms with Gasteiger partial charge < -0.3 is 4.74 Å². The number of ketones is 1. The van der Waals surface area contributed by atoms with Gasteiger partial charge in [0.05, 0.1) is 5.02 Å². The van der Waals surface area contributed by atoms with E-state index in [2.05, 4.69) is 0 Å². The predicted octanol–water partition coefficient (Wildman–Crippen LogP) is 2.45. The van der Waals surface area contributed by atoms with Crippen molar-refractivity contribution in [3.05, 3.63) is 29.0 Å². The number of ether oxygens (including phenoxy) is 1. The number of hydrogen-bond acceptors (Lipinski definition) is 2. The molecule has 70 valence electrons. The number of carbonyl (C=O) groups excluding carboxylic acids is 1. The summed E-state index contributed by atoms with van der Waals surface area (Å²) in [6.45, 7) is 1.34. The van der Waals surface area contributed by atoms with Crippen molar-refractivity contribution in [1.82, 2.24) is 0 Å². The van der Waals surface area contributed by atoms with Gasteiger partial charge in [0.2, 0.25) is 0 Å². The van der Waals surface area contributed by atoms with Gasteiger partial charge in [0, 0.05) is 6.07 Å². The van der Waals surface area contributed by atoms with Gasteiger partial charge in [-0.2, -0.15) is 0 Å². The molecular weight excluding hydrogens is 195 g/mol. The third-order valence-electron chi connectivity index (χ3n) is 1.33. The smallest absolute Gasteiger partial charge is 0.167 e. The molecule has 0 heterocycles. The van der Waals surface area contributed by atoms with Gasteiger partial charge in [-0.15, -0.1) is 0 Å². The molecule has 2 nitrogen and oxygen atoms in total. The first kappa shape index (κ1) is 9.99. The standard InChI is InChI=1S/C9H8ClFO2/c1-6(12)5-13-7-2-3-8(10)9(11)4-7/h2-4H,5H2,1H3. The summed E-state index contributed by atoms with van der Waals surface area (Å²) in [5, 5.41) is 0.0372. The van der Waals surface area contributed by atoms with Gasteiger partial charge in [-0.3, -0.25) is 4.79 Å². The number of benzene rings is 1. The van der Waals surface area contributed by atoms with E-state index in [-0.39, 0.29) is 17.4 Å².